The monoisotopic (exact) mass is 600 g/mol. The van der Waals surface area contributed by atoms with E-state index in [1.165, 1.54) is 0 Å². The van der Waals surface area contributed by atoms with Crippen molar-refractivity contribution in [3.8, 4) is 5.75 Å². The molecule has 7 nitrogen and oxygen atoms in total. The molecule has 3 N–H and O–H groups in total. The molecule has 1 amide bonds. The molecule has 1 heterocycles. The van der Waals surface area contributed by atoms with E-state index in [-0.39, 0.29) is 18.8 Å². The number of nitrogens with zero attached hydrogens (tertiary/aromatic N) is 2. The van der Waals surface area contributed by atoms with E-state index >= 15 is 0 Å². The highest BCUT2D eigenvalue weighted by Gasteiger charge is 2.32. The van der Waals surface area contributed by atoms with Gasteiger partial charge >= 0.3 is 0 Å². The predicted molar refractivity (Wildman–Crippen MR) is 168 cm³/mol. The minimum absolute atomic E-state index is 0.0448. The first-order chi connectivity index (χ1) is 20.0. The molecule has 1 aliphatic carbocycles. The molecule has 0 bridgehead atoms. The van der Waals surface area contributed by atoms with Crippen LogP contribution in [0.4, 0.5) is 20.4 Å². The minimum atomic E-state index is -1.03. The van der Waals surface area contributed by atoms with Crippen molar-refractivity contribution in [1.82, 2.24) is 10.3 Å². The maximum atomic E-state index is 13.7. The molecule has 1 aromatic heterocycles. The average Bonchev–Trinajstić information content (AvgIpc) is 3.65. The van der Waals surface area contributed by atoms with E-state index < -0.39 is 29.7 Å². The molecule has 1 fully saturated rings. The average molecular weight is 601 g/mol. The number of anilines is 2. The lowest BCUT2D eigenvalue weighted by Gasteiger charge is -2.25. The summed E-state index contributed by atoms with van der Waals surface area (Å²) in [6.07, 6.45) is 5.98. The fraction of sp³-hybridized carbons (Fsp3) is 0.438. The van der Waals surface area contributed by atoms with Crippen LogP contribution in [0.5, 0.6) is 5.75 Å². The minimum Gasteiger partial charge on any atom is -0.491 e. The summed E-state index contributed by atoms with van der Waals surface area (Å²) in [6.45, 7) is 14.4. The number of nitrogens with one attached hydrogen (secondary N) is 2. The zero-order valence-electron chi connectivity index (χ0n) is 24.8. The second-order valence-electron chi connectivity index (χ2n) is 10.9. The number of benzene rings is 1. The molecule has 2 aromatic rings. The third-order valence-electron chi connectivity index (χ3n) is 6.96. The van der Waals surface area contributed by atoms with Crippen LogP contribution in [0, 0.1) is 23.5 Å². The summed E-state index contributed by atoms with van der Waals surface area (Å²) in [4.78, 5) is 18.3. The Labute approximate surface area is 252 Å². The zero-order valence-corrected chi connectivity index (χ0v) is 25.6. The van der Waals surface area contributed by atoms with Gasteiger partial charge in [0, 0.05) is 42.6 Å². The number of pyridine rings is 1. The number of rotatable bonds is 17. The zero-order chi connectivity index (χ0) is 30.8. The molecule has 3 rings (SSSR count). The molecule has 1 aromatic carbocycles. The number of amides is 1. The summed E-state index contributed by atoms with van der Waals surface area (Å²) < 4.78 is 35.0. The first-order valence-electron chi connectivity index (χ1n) is 14.2. The third-order valence-corrected chi connectivity index (χ3v) is 7.88. The number of carbonyl (C=O) groups is 1. The molecule has 1 saturated carbocycles. The normalized spacial score (nSPS) is 17.8. The molecule has 10 heteroatoms. The Bertz CT molecular complexity index is 1250. The fourth-order valence-electron chi connectivity index (χ4n) is 4.41. The lowest BCUT2D eigenvalue weighted by Crippen LogP contribution is -2.47. The number of halogens is 2. The third kappa shape index (κ3) is 10.5. The Morgan fingerprint density at radius 1 is 1.24 bits per heavy atom. The van der Waals surface area contributed by atoms with Crippen molar-refractivity contribution >= 4 is 29.5 Å². The van der Waals surface area contributed by atoms with Crippen molar-refractivity contribution in [1.29, 1.82) is 0 Å². The van der Waals surface area contributed by atoms with Gasteiger partial charge < -0.3 is 24.8 Å². The van der Waals surface area contributed by atoms with E-state index in [9.17, 15) is 18.7 Å². The fourth-order valence-corrected chi connectivity index (χ4v) is 5.24. The summed E-state index contributed by atoms with van der Waals surface area (Å²) in [5, 5.41) is 17.7. The molecule has 0 spiro atoms. The highest BCUT2D eigenvalue weighted by Crippen LogP contribution is 2.37. The van der Waals surface area contributed by atoms with Crippen molar-refractivity contribution in [2.75, 3.05) is 29.8 Å². The van der Waals surface area contributed by atoms with Gasteiger partial charge in [-0.3, -0.25) is 4.79 Å². The molecular weight excluding hydrogens is 558 g/mol. The number of allylic oxidation sites excluding steroid dienone is 4. The van der Waals surface area contributed by atoms with Crippen molar-refractivity contribution < 1.29 is 23.4 Å². The van der Waals surface area contributed by atoms with Crippen LogP contribution in [0.3, 0.4) is 0 Å². The molecule has 0 saturated heterocycles. The predicted octanol–water partition coefficient (Wildman–Crippen LogP) is 6.54. The van der Waals surface area contributed by atoms with Crippen LogP contribution >= 0.6 is 11.9 Å². The maximum Gasteiger partial charge on any atom is 0.251 e. The van der Waals surface area contributed by atoms with Gasteiger partial charge in [0.25, 0.3) is 5.91 Å². The van der Waals surface area contributed by atoms with E-state index in [1.807, 2.05) is 11.4 Å². The smallest absolute Gasteiger partial charge is 0.251 e. The largest absolute Gasteiger partial charge is 0.491 e. The first kappa shape index (κ1) is 33.1. The van der Waals surface area contributed by atoms with Crippen molar-refractivity contribution in [2.24, 2.45) is 11.8 Å². The summed E-state index contributed by atoms with van der Waals surface area (Å²) >= 11 is 1.59. The lowest BCUT2D eigenvalue weighted by molar-refractivity contribution is 0.0708. The van der Waals surface area contributed by atoms with Gasteiger partial charge in [-0.25, -0.2) is 13.8 Å². The first-order valence-corrected chi connectivity index (χ1v) is 15.0. The Balaban J connectivity index is 1.83. The number of hydrogen-bond acceptors (Lipinski definition) is 7. The van der Waals surface area contributed by atoms with Crippen LogP contribution in [-0.4, -0.2) is 53.6 Å². The van der Waals surface area contributed by atoms with Gasteiger partial charge in [0.15, 0.2) is 0 Å². The Kier molecular flexibility index (Phi) is 12.4. The van der Waals surface area contributed by atoms with Gasteiger partial charge in [-0.15, -0.1) is 0 Å². The van der Waals surface area contributed by atoms with Gasteiger partial charge in [0.05, 0.1) is 12.1 Å². The van der Waals surface area contributed by atoms with Crippen LogP contribution in [0.15, 0.2) is 67.3 Å². The van der Waals surface area contributed by atoms with Crippen LogP contribution in [-0.2, 0) is 0 Å². The van der Waals surface area contributed by atoms with Gasteiger partial charge in [-0.1, -0.05) is 52.2 Å². The topological polar surface area (TPSA) is 86.7 Å². The number of ether oxygens (including phenoxy) is 1. The Morgan fingerprint density at radius 2 is 1.93 bits per heavy atom. The Hall–Kier alpha value is -3.37. The number of aliphatic hydroxyl groups is 1. The van der Waals surface area contributed by atoms with Crippen LogP contribution in [0.2, 0.25) is 0 Å². The summed E-state index contributed by atoms with van der Waals surface area (Å²) in [6, 6.07) is 5.34. The summed E-state index contributed by atoms with van der Waals surface area (Å²) in [5.41, 5.74) is 1.22. The molecule has 228 valence electrons. The number of carbonyl (C=O) groups excluding carboxylic acids is 1. The van der Waals surface area contributed by atoms with Crippen molar-refractivity contribution in [3.63, 3.8) is 0 Å². The number of aromatic nitrogens is 1. The highest BCUT2D eigenvalue weighted by atomic mass is 32.2. The van der Waals surface area contributed by atoms with Crippen molar-refractivity contribution in [3.05, 3.63) is 84.5 Å². The van der Waals surface area contributed by atoms with Gasteiger partial charge in [0.1, 0.15) is 35.6 Å². The summed E-state index contributed by atoms with van der Waals surface area (Å²) in [7, 11) is 1.90. The molecule has 0 aliphatic heterocycles. The van der Waals surface area contributed by atoms with E-state index in [1.54, 1.807) is 42.3 Å². The van der Waals surface area contributed by atoms with Crippen LogP contribution < -0.4 is 19.7 Å². The van der Waals surface area contributed by atoms with Crippen LogP contribution in [0.1, 0.15) is 50.4 Å². The number of hydrogen-bond donors (Lipinski definition) is 3. The van der Waals surface area contributed by atoms with E-state index in [4.69, 9.17) is 9.72 Å². The quantitative estimate of drug-likeness (QED) is 0.140. The second kappa shape index (κ2) is 15.7. The molecule has 1 unspecified atom stereocenters. The number of aliphatic hydroxyl groups excluding tert-OH is 1. The lowest BCUT2D eigenvalue weighted by atomic mass is 10.0. The molecule has 4 atom stereocenters. The Morgan fingerprint density at radius 3 is 2.52 bits per heavy atom. The van der Waals surface area contributed by atoms with Gasteiger partial charge in [0.2, 0.25) is 0 Å². The molecule has 1 aliphatic rings. The van der Waals surface area contributed by atoms with Gasteiger partial charge in [-0.05, 0) is 60.8 Å². The summed E-state index contributed by atoms with van der Waals surface area (Å²) in [5.74, 6) is 0.386. The standard InChI is InChI=1S/C32H42F2N4O3S/c1-7-9-22(8-2)10-11-29(39)28(19-41-27-16-25(33)15-26(34)17-27)36-32(40)23-13-30(35-18-24-12-21(24)5)37-31(14-23)38(6)42-20(3)4/h7-9,13-17,20-21,24,28-29,39H,1-2,10-12,18-19H2,3-6H3,(H,35,37)(H,36,40)/b22-9+/t21-,24+,28-,29?/m0/s1. The maximum absolute atomic E-state index is 13.7. The second-order valence-corrected chi connectivity index (χ2v) is 12.6. The SMILES string of the molecule is C=C/C=C(\C=C)CCC(O)[C@H](COc1cc(F)cc(F)c1)NC(=O)c1cc(NC[C@H]2C[C@@H]2C)nc(N(C)SC(C)C)c1. The van der Waals surface area contributed by atoms with E-state index in [0.29, 0.717) is 40.7 Å². The van der Waals surface area contributed by atoms with Crippen molar-refractivity contribution in [2.45, 2.75) is 57.4 Å². The highest BCUT2D eigenvalue weighted by molar-refractivity contribution is 8.01. The molecule has 0 radical (unpaired) electrons. The molecule has 42 heavy (non-hydrogen) atoms. The van der Waals surface area contributed by atoms with E-state index in [0.717, 1.165) is 36.7 Å². The van der Waals surface area contributed by atoms with Crippen LogP contribution in [0.25, 0.3) is 0 Å². The van der Waals surface area contributed by atoms with Gasteiger partial charge in [-0.2, -0.15) is 0 Å². The molecular formula is C32H42F2N4O3S. The van der Waals surface area contributed by atoms with E-state index in [2.05, 4.69) is 44.6 Å².